The highest BCUT2D eigenvalue weighted by atomic mass is 32.1. The van der Waals surface area contributed by atoms with Gasteiger partial charge in [0.2, 0.25) is 0 Å². The van der Waals surface area contributed by atoms with E-state index in [0.29, 0.717) is 11.3 Å². The third-order valence-corrected chi connectivity index (χ3v) is 5.65. The Labute approximate surface area is 181 Å². The summed E-state index contributed by atoms with van der Waals surface area (Å²) in [6.07, 6.45) is 0. The number of hydrogen-bond acceptors (Lipinski definition) is 6. The number of rotatable bonds is 6. The van der Waals surface area contributed by atoms with E-state index in [-0.39, 0.29) is 26.7 Å². The maximum Gasteiger partial charge on any atom is 0.341 e. The predicted molar refractivity (Wildman–Crippen MR) is 116 cm³/mol. The van der Waals surface area contributed by atoms with Gasteiger partial charge in [-0.15, -0.1) is 11.3 Å². The molecule has 0 aliphatic rings. The lowest BCUT2D eigenvalue weighted by atomic mass is 10.1. The van der Waals surface area contributed by atoms with Gasteiger partial charge < -0.3 is 20.1 Å². The van der Waals surface area contributed by atoms with Crippen LogP contribution in [-0.4, -0.2) is 32.0 Å². The number of nitrogens with one attached hydrogen (secondary N) is 2. The number of ether oxygens (including phenoxy) is 2. The average Bonchev–Trinajstić information content (AvgIpc) is 3.10. The highest BCUT2D eigenvalue weighted by Crippen LogP contribution is 2.35. The third kappa shape index (κ3) is 4.56. The summed E-state index contributed by atoms with van der Waals surface area (Å²) < 4.78 is 23.9. The van der Waals surface area contributed by atoms with Crippen LogP contribution in [0, 0.1) is 12.7 Å². The fraction of sp³-hybridized carbons (Fsp3) is 0.136. The molecule has 2 amide bonds. The van der Waals surface area contributed by atoms with Crippen molar-refractivity contribution in [3.05, 3.63) is 75.9 Å². The first-order chi connectivity index (χ1) is 14.9. The Morgan fingerprint density at radius 1 is 0.935 bits per heavy atom. The maximum absolute atomic E-state index is 13.9. The fourth-order valence-electron chi connectivity index (χ4n) is 2.91. The Kier molecular flexibility index (Phi) is 6.66. The van der Waals surface area contributed by atoms with Crippen LogP contribution < -0.4 is 15.4 Å². The summed E-state index contributed by atoms with van der Waals surface area (Å²) in [5, 5.41) is 5.27. The number of thiophene rings is 1. The van der Waals surface area contributed by atoms with E-state index in [0.717, 1.165) is 11.3 Å². The van der Waals surface area contributed by atoms with Crippen molar-refractivity contribution < 1.29 is 28.2 Å². The fourth-order valence-corrected chi connectivity index (χ4v) is 4.00. The summed E-state index contributed by atoms with van der Waals surface area (Å²) in [7, 11) is 2.64. The van der Waals surface area contributed by atoms with Gasteiger partial charge in [-0.25, -0.2) is 9.18 Å². The monoisotopic (exact) mass is 442 g/mol. The van der Waals surface area contributed by atoms with Crippen LogP contribution >= 0.6 is 11.3 Å². The van der Waals surface area contributed by atoms with E-state index in [2.05, 4.69) is 10.6 Å². The molecule has 2 aromatic carbocycles. The number of benzene rings is 2. The van der Waals surface area contributed by atoms with Gasteiger partial charge in [0.1, 0.15) is 16.6 Å². The largest absolute Gasteiger partial charge is 0.496 e. The van der Waals surface area contributed by atoms with Gasteiger partial charge >= 0.3 is 5.97 Å². The van der Waals surface area contributed by atoms with Crippen LogP contribution in [0.25, 0.3) is 0 Å². The molecule has 0 unspecified atom stereocenters. The molecule has 1 aromatic heterocycles. The van der Waals surface area contributed by atoms with Crippen LogP contribution in [0.5, 0.6) is 5.75 Å². The van der Waals surface area contributed by atoms with Crippen molar-refractivity contribution in [1.29, 1.82) is 0 Å². The second-order valence-electron chi connectivity index (χ2n) is 6.34. The molecular formula is C22H19FN2O5S. The zero-order valence-corrected chi connectivity index (χ0v) is 17.8. The number of carbonyl (C=O) groups is 3. The minimum atomic E-state index is -0.714. The van der Waals surface area contributed by atoms with E-state index in [1.807, 2.05) is 0 Å². The molecule has 0 fully saturated rings. The Morgan fingerprint density at radius 3 is 2.29 bits per heavy atom. The number of esters is 1. The summed E-state index contributed by atoms with van der Waals surface area (Å²) in [4.78, 5) is 38.1. The second-order valence-corrected chi connectivity index (χ2v) is 7.36. The quantitative estimate of drug-likeness (QED) is 0.549. The van der Waals surface area contributed by atoms with Gasteiger partial charge in [0.05, 0.1) is 35.9 Å². The summed E-state index contributed by atoms with van der Waals surface area (Å²) in [6, 6.07) is 12.3. The molecule has 0 radical (unpaired) electrons. The molecule has 2 N–H and O–H groups in total. The molecule has 0 saturated heterocycles. The number of hydrogen-bond donors (Lipinski definition) is 2. The maximum atomic E-state index is 13.9. The van der Waals surface area contributed by atoms with Gasteiger partial charge in [0, 0.05) is 0 Å². The van der Waals surface area contributed by atoms with E-state index >= 15 is 0 Å². The Bertz CT molecular complexity index is 1160. The van der Waals surface area contributed by atoms with E-state index in [9.17, 15) is 18.8 Å². The molecule has 0 saturated carbocycles. The van der Waals surface area contributed by atoms with Crippen LogP contribution in [-0.2, 0) is 4.74 Å². The molecule has 0 atom stereocenters. The van der Waals surface area contributed by atoms with Crippen LogP contribution in [0.1, 0.15) is 36.0 Å². The van der Waals surface area contributed by atoms with Gasteiger partial charge in [-0.3, -0.25) is 9.59 Å². The first kappa shape index (κ1) is 22.0. The first-order valence-electron chi connectivity index (χ1n) is 9.09. The van der Waals surface area contributed by atoms with Crippen molar-refractivity contribution in [3.8, 4) is 5.75 Å². The molecule has 31 heavy (non-hydrogen) atoms. The first-order valence-corrected chi connectivity index (χ1v) is 9.91. The zero-order chi connectivity index (χ0) is 22.5. The lowest BCUT2D eigenvalue weighted by molar-refractivity contribution is 0.0601. The molecule has 0 bridgehead atoms. The van der Waals surface area contributed by atoms with Gasteiger partial charge in [-0.05, 0) is 36.8 Å². The third-order valence-electron chi connectivity index (χ3n) is 4.44. The Morgan fingerprint density at radius 2 is 1.61 bits per heavy atom. The molecule has 3 rings (SSSR count). The molecule has 160 valence electrons. The molecule has 3 aromatic rings. The molecule has 7 nitrogen and oxygen atoms in total. The Balaban J connectivity index is 1.97. The predicted octanol–water partition coefficient (Wildman–Crippen LogP) is 4.50. The van der Waals surface area contributed by atoms with Gasteiger partial charge in [0.25, 0.3) is 11.8 Å². The minimum absolute atomic E-state index is 0.000439. The van der Waals surface area contributed by atoms with Crippen molar-refractivity contribution in [1.82, 2.24) is 0 Å². The average molecular weight is 442 g/mol. The van der Waals surface area contributed by atoms with Crippen molar-refractivity contribution >= 4 is 39.8 Å². The number of methoxy groups -OCH3 is 2. The van der Waals surface area contributed by atoms with E-state index in [1.165, 1.54) is 32.4 Å². The van der Waals surface area contributed by atoms with E-state index < -0.39 is 23.6 Å². The highest BCUT2D eigenvalue weighted by molar-refractivity contribution is 7.19. The summed E-state index contributed by atoms with van der Waals surface area (Å²) in [5.74, 6) is -2.09. The smallest absolute Gasteiger partial charge is 0.341 e. The van der Waals surface area contributed by atoms with Gasteiger partial charge in [-0.1, -0.05) is 24.3 Å². The van der Waals surface area contributed by atoms with Crippen molar-refractivity contribution in [2.24, 2.45) is 0 Å². The van der Waals surface area contributed by atoms with Crippen LogP contribution in [0.15, 0.2) is 48.5 Å². The number of anilines is 2. The number of halogens is 1. The van der Waals surface area contributed by atoms with Crippen molar-refractivity contribution in [2.75, 3.05) is 24.9 Å². The standard InChI is InChI=1S/C22H19FN2O5S/c1-12-17(22(28)30-3)21(25-19(26)13-8-4-7-11-16(13)29-2)31-18(12)20(27)24-15-10-6-5-9-14(15)23/h4-11H,1-3H3,(H,24,27)(H,25,26). The number of amides is 2. The summed E-state index contributed by atoms with van der Waals surface area (Å²) >= 11 is 0.891. The van der Waals surface area contributed by atoms with E-state index in [4.69, 9.17) is 9.47 Å². The van der Waals surface area contributed by atoms with Crippen molar-refractivity contribution in [3.63, 3.8) is 0 Å². The lowest BCUT2D eigenvalue weighted by Crippen LogP contribution is -2.15. The molecule has 0 spiro atoms. The second kappa shape index (κ2) is 9.40. The van der Waals surface area contributed by atoms with E-state index in [1.54, 1.807) is 37.3 Å². The van der Waals surface area contributed by atoms with Gasteiger partial charge in [0.15, 0.2) is 0 Å². The normalized spacial score (nSPS) is 10.3. The highest BCUT2D eigenvalue weighted by Gasteiger charge is 2.27. The summed E-state index contributed by atoms with van der Waals surface area (Å²) in [6.45, 7) is 1.55. The molecule has 1 heterocycles. The van der Waals surface area contributed by atoms with Crippen LogP contribution in [0.2, 0.25) is 0 Å². The van der Waals surface area contributed by atoms with Gasteiger partial charge in [-0.2, -0.15) is 0 Å². The molecular weight excluding hydrogens is 423 g/mol. The number of para-hydroxylation sites is 2. The lowest BCUT2D eigenvalue weighted by Gasteiger charge is -2.09. The Hall–Kier alpha value is -3.72. The molecule has 9 heteroatoms. The summed E-state index contributed by atoms with van der Waals surface area (Å²) in [5.41, 5.74) is 0.610. The molecule has 0 aliphatic carbocycles. The van der Waals surface area contributed by atoms with Crippen LogP contribution in [0.4, 0.5) is 15.1 Å². The number of carbonyl (C=O) groups excluding carboxylic acids is 3. The zero-order valence-electron chi connectivity index (χ0n) is 16.9. The SMILES string of the molecule is COC(=O)c1c(NC(=O)c2ccccc2OC)sc(C(=O)Nc2ccccc2F)c1C. The van der Waals surface area contributed by atoms with Crippen molar-refractivity contribution in [2.45, 2.75) is 6.92 Å². The molecule has 0 aliphatic heterocycles. The minimum Gasteiger partial charge on any atom is -0.496 e. The topological polar surface area (TPSA) is 93.7 Å². The van der Waals surface area contributed by atoms with Crippen LogP contribution in [0.3, 0.4) is 0 Å².